The molecule has 0 aliphatic heterocycles. The fraction of sp³-hybridized carbons (Fsp3) is 0.355. The van der Waals surface area contributed by atoms with Gasteiger partial charge in [-0.1, -0.05) is 58.0 Å². The predicted octanol–water partition coefficient (Wildman–Crippen LogP) is 7.68. The molecular formula is C31H31F3O4. The van der Waals surface area contributed by atoms with Gasteiger partial charge in [0.25, 0.3) is 0 Å². The molecule has 0 saturated carbocycles. The molecule has 200 valence electrons. The second-order valence-electron chi connectivity index (χ2n) is 11.3. The Bertz CT molecular complexity index is 1340. The second-order valence-corrected chi connectivity index (χ2v) is 11.3. The van der Waals surface area contributed by atoms with Crippen LogP contribution in [0.2, 0.25) is 0 Å². The lowest BCUT2D eigenvalue weighted by Crippen LogP contribution is -2.34. The minimum absolute atomic E-state index is 0.0152. The highest BCUT2D eigenvalue weighted by Crippen LogP contribution is 2.46. The van der Waals surface area contributed by atoms with Crippen molar-refractivity contribution in [1.82, 2.24) is 0 Å². The second kappa shape index (κ2) is 9.93. The molecule has 7 heteroatoms. The number of hydrogen-bond donors (Lipinski definition) is 1. The number of aromatic carboxylic acids is 1. The van der Waals surface area contributed by atoms with Crippen LogP contribution in [0.1, 0.15) is 84.6 Å². The number of ether oxygens (including phenoxy) is 1. The van der Waals surface area contributed by atoms with E-state index in [1.54, 1.807) is 0 Å². The Labute approximate surface area is 220 Å². The molecule has 4 nitrogen and oxygen atoms in total. The Balaban J connectivity index is 1.71. The van der Waals surface area contributed by atoms with Crippen molar-refractivity contribution in [3.05, 3.63) is 100 Å². The van der Waals surface area contributed by atoms with Crippen LogP contribution in [0.15, 0.2) is 66.7 Å². The molecule has 0 aromatic heterocycles. The number of carboxylic acids is 1. The van der Waals surface area contributed by atoms with Gasteiger partial charge in [-0.15, -0.1) is 0 Å². The quantitative estimate of drug-likeness (QED) is 0.265. The van der Waals surface area contributed by atoms with Crippen LogP contribution in [-0.2, 0) is 28.2 Å². The zero-order valence-electron chi connectivity index (χ0n) is 21.9. The largest absolute Gasteiger partial charge is 0.478 e. The van der Waals surface area contributed by atoms with Gasteiger partial charge in [0, 0.05) is 0 Å². The first-order valence-corrected chi connectivity index (χ1v) is 12.5. The van der Waals surface area contributed by atoms with Gasteiger partial charge >= 0.3 is 18.1 Å². The molecule has 3 aromatic rings. The number of benzene rings is 3. The van der Waals surface area contributed by atoms with E-state index in [2.05, 4.69) is 33.8 Å². The molecule has 4 rings (SSSR count). The first-order chi connectivity index (χ1) is 17.7. The Hall–Kier alpha value is -3.61. The Morgan fingerprint density at radius 1 is 0.868 bits per heavy atom. The lowest BCUT2D eigenvalue weighted by molar-refractivity contribution is -0.138. The highest BCUT2D eigenvalue weighted by molar-refractivity contribution is 5.88. The highest BCUT2D eigenvalue weighted by Gasteiger charge is 2.38. The van der Waals surface area contributed by atoms with Crippen LogP contribution >= 0.6 is 0 Å². The number of carbonyl (C=O) groups is 2. The molecule has 0 fully saturated rings. The molecule has 1 atom stereocenters. The van der Waals surface area contributed by atoms with Gasteiger partial charge in [-0.2, -0.15) is 13.2 Å². The minimum atomic E-state index is -4.45. The van der Waals surface area contributed by atoms with Crippen molar-refractivity contribution < 1.29 is 32.6 Å². The molecule has 1 aliphatic rings. The van der Waals surface area contributed by atoms with Crippen LogP contribution in [-0.4, -0.2) is 17.0 Å². The van der Waals surface area contributed by atoms with Gasteiger partial charge in [0.15, 0.2) is 0 Å². The maximum absolute atomic E-state index is 13.5. The molecule has 1 aliphatic carbocycles. The van der Waals surface area contributed by atoms with E-state index in [9.17, 15) is 22.8 Å². The fourth-order valence-corrected chi connectivity index (χ4v) is 5.08. The van der Waals surface area contributed by atoms with E-state index < -0.39 is 29.6 Å². The zero-order valence-corrected chi connectivity index (χ0v) is 21.9. The monoisotopic (exact) mass is 524 g/mol. The third-order valence-electron chi connectivity index (χ3n) is 7.60. The highest BCUT2D eigenvalue weighted by atomic mass is 19.4. The van der Waals surface area contributed by atoms with Crippen molar-refractivity contribution in [3.63, 3.8) is 0 Å². The standard InChI is InChI=1S/C31H31F3O4/c1-29(2)15-16-30(3,4)26-18-21(9-14-25(26)29)24(17-19-5-10-22(11-6-19)31(32,33)34)28(37)38-23-12-7-20(8-13-23)27(35)36/h5-14,18,24H,15-17H2,1-4H3,(H,35,36). The summed E-state index contributed by atoms with van der Waals surface area (Å²) in [4.78, 5) is 24.7. The van der Waals surface area contributed by atoms with Gasteiger partial charge < -0.3 is 9.84 Å². The van der Waals surface area contributed by atoms with Crippen LogP contribution in [0.5, 0.6) is 5.75 Å². The average molecular weight is 525 g/mol. The van der Waals surface area contributed by atoms with Gasteiger partial charge in [0.05, 0.1) is 17.0 Å². The molecule has 1 unspecified atom stereocenters. The van der Waals surface area contributed by atoms with E-state index in [1.807, 2.05) is 12.1 Å². The van der Waals surface area contributed by atoms with Crippen molar-refractivity contribution in [2.45, 2.75) is 69.9 Å². The van der Waals surface area contributed by atoms with E-state index in [1.165, 1.54) is 42.0 Å². The molecular weight excluding hydrogens is 493 g/mol. The molecule has 0 amide bonds. The lowest BCUT2D eigenvalue weighted by Gasteiger charge is -2.42. The molecule has 0 saturated heterocycles. The molecule has 0 spiro atoms. The molecule has 0 bridgehead atoms. The summed E-state index contributed by atoms with van der Waals surface area (Å²) in [5, 5.41) is 9.13. The molecule has 1 N–H and O–H groups in total. The number of alkyl halides is 3. The van der Waals surface area contributed by atoms with Crippen LogP contribution in [0.3, 0.4) is 0 Å². The predicted molar refractivity (Wildman–Crippen MR) is 139 cm³/mol. The minimum Gasteiger partial charge on any atom is -0.478 e. The normalized spacial score (nSPS) is 16.8. The molecule has 38 heavy (non-hydrogen) atoms. The number of esters is 1. The van der Waals surface area contributed by atoms with Crippen LogP contribution in [0.4, 0.5) is 13.2 Å². The lowest BCUT2D eigenvalue weighted by atomic mass is 9.62. The maximum atomic E-state index is 13.5. The number of halogens is 3. The van der Waals surface area contributed by atoms with E-state index in [-0.39, 0.29) is 28.6 Å². The first kappa shape index (κ1) is 27.4. The third kappa shape index (κ3) is 5.77. The van der Waals surface area contributed by atoms with Crippen LogP contribution in [0, 0.1) is 0 Å². The fourth-order valence-electron chi connectivity index (χ4n) is 5.08. The third-order valence-corrected chi connectivity index (χ3v) is 7.60. The van der Waals surface area contributed by atoms with Gasteiger partial charge in [-0.3, -0.25) is 4.79 Å². The SMILES string of the molecule is CC1(C)CCC(C)(C)c2cc(C(Cc3ccc(C(F)(F)F)cc3)C(=O)Oc3ccc(C(=O)O)cc3)ccc21. The summed E-state index contributed by atoms with van der Waals surface area (Å²) in [6.07, 6.45) is -2.28. The Morgan fingerprint density at radius 2 is 1.45 bits per heavy atom. The number of rotatable bonds is 6. The molecule has 0 radical (unpaired) electrons. The number of carbonyl (C=O) groups excluding carboxylic acids is 1. The number of carboxylic acid groups (broad SMARTS) is 1. The number of hydrogen-bond acceptors (Lipinski definition) is 3. The van der Waals surface area contributed by atoms with Crippen molar-refractivity contribution in [2.75, 3.05) is 0 Å². The molecule has 3 aromatic carbocycles. The van der Waals surface area contributed by atoms with Crippen molar-refractivity contribution in [1.29, 1.82) is 0 Å². The zero-order chi connectivity index (χ0) is 27.9. The topological polar surface area (TPSA) is 63.6 Å². The van der Waals surface area contributed by atoms with E-state index in [0.29, 0.717) is 5.56 Å². The smallest absolute Gasteiger partial charge is 0.416 e. The average Bonchev–Trinajstić information content (AvgIpc) is 2.85. The summed E-state index contributed by atoms with van der Waals surface area (Å²) in [6.45, 7) is 8.76. The van der Waals surface area contributed by atoms with Crippen molar-refractivity contribution >= 4 is 11.9 Å². The molecule has 0 heterocycles. The van der Waals surface area contributed by atoms with Crippen molar-refractivity contribution in [3.8, 4) is 5.75 Å². The Morgan fingerprint density at radius 3 is 2.00 bits per heavy atom. The van der Waals surface area contributed by atoms with Crippen LogP contribution in [0.25, 0.3) is 0 Å². The summed E-state index contributed by atoms with van der Waals surface area (Å²) in [5.74, 6) is -2.25. The van der Waals surface area contributed by atoms with E-state index >= 15 is 0 Å². The van der Waals surface area contributed by atoms with E-state index in [4.69, 9.17) is 9.84 Å². The summed E-state index contributed by atoms with van der Waals surface area (Å²) in [7, 11) is 0. The van der Waals surface area contributed by atoms with Gasteiger partial charge in [-0.05, 0) is 88.7 Å². The van der Waals surface area contributed by atoms with Gasteiger partial charge in [0.2, 0.25) is 0 Å². The van der Waals surface area contributed by atoms with Crippen LogP contribution < -0.4 is 4.74 Å². The van der Waals surface area contributed by atoms with Gasteiger partial charge in [0.1, 0.15) is 5.75 Å². The van der Waals surface area contributed by atoms with Crippen molar-refractivity contribution in [2.24, 2.45) is 0 Å². The summed E-state index contributed by atoms with van der Waals surface area (Å²) in [5.41, 5.74) is 2.86. The summed E-state index contributed by atoms with van der Waals surface area (Å²) < 4.78 is 44.9. The van der Waals surface area contributed by atoms with E-state index in [0.717, 1.165) is 36.1 Å². The summed E-state index contributed by atoms with van der Waals surface area (Å²) >= 11 is 0. The first-order valence-electron chi connectivity index (χ1n) is 12.5. The maximum Gasteiger partial charge on any atom is 0.416 e. The number of fused-ring (bicyclic) bond motifs is 1. The Kier molecular flexibility index (Phi) is 7.17. The summed E-state index contributed by atoms with van der Waals surface area (Å²) in [6, 6.07) is 16.3. The van der Waals surface area contributed by atoms with Gasteiger partial charge in [-0.25, -0.2) is 4.79 Å².